The van der Waals surface area contributed by atoms with Crippen molar-refractivity contribution in [3.63, 3.8) is 0 Å². The molecule has 5 heteroatoms. The molecule has 3 unspecified atom stereocenters. The number of nitrogens with one attached hydrogen (secondary N) is 1. The summed E-state index contributed by atoms with van der Waals surface area (Å²) in [7, 11) is 0. The first-order chi connectivity index (χ1) is 11.6. The van der Waals surface area contributed by atoms with E-state index >= 15 is 0 Å². The molecule has 3 rings (SSSR count). The maximum atomic E-state index is 12.7. The van der Waals surface area contributed by atoms with Crippen molar-refractivity contribution in [2.75, 3.05) is 4.90 Å². The lowest BCUT2D eigenvalue weighted by atomic mass is 10.1. The minimum absolute atomic E-state index is 0.0261. The van der Waals surface area contributed by atoms with Gasteiger partial charge in [-0.3, -0.25) is 9.59 Å². The summed E-state index contributed by atoms with van der Waals surface area (Å²) < 4.78 is 0. The van der Waals surface area contributed by atoms with Crippen LogP contribution in [0.2, 0.25) is 0 Å². The zero-order valence-electron chi connectivity index (χ0n) is 13.6. The number of hydrogen-bond donors (Lipinski definition) is 2. The van der Waals surface area contributed by atoms with Gasteiger partial charge in [0.1, 0.15) is 12.1 Å². The standard InChI is InChI=1S/C19H21N3O2/c1-13-12-16(19(24)22(13)15-10-6-3-7-11-15)21-18(23)17(20)14-8-4-2-5-9-14/h2-11,13,16-17H,12,20H2,1H3,(H,21,23). The molecule has 0 aliphatic carbocycles. The van der Waals surface area contributed by atoms with Crippen LogP contribution in [-0.2, 0) is 9.59 Å². The van der Waals surface area contributed by atoms with E-state index < -0.39 is 12.1 Å². The van der Waals surface area contributed by atoms with E-state index in [0.29, 0.717) is 6.42 Å². The number of nitrogens with two attached hydrogens (primary N) is 1. The number of nitrogens with zero attached hydrogens (tertiary/aromatic N) is 1. The van der Waals surface area contributed by atoms with E-state index in [9.17, 15) is 9.59 Å². The van der Waals surface area contributed by atoms with Crippen LogP contribution in [0, 0.1) is 0 Å². The first kappa shape index (κ1) is 16.2. The van der Waals surface area contributed by atoms with Gasteiger partial charge in [0.05, 0.1) is 0 Å². The minimum atomic E-state index is -0.778. The Morgan fingerprint density at radius 2 is 1.71 bits per heavy atom. The molecule has 2 amide bonds. The first-order valence-electron chi connectivity index (χ1n) is 8.07. The molecule has 0 saturated carbocycles. The van der Waals surface area contributed by atoms with Crippen LogP contribution in [0.5, 0.6) is 0 Å². The summed E-state index contributed by atoms with van der Waals surface area (Å²) in [4.78, 5) is 26.8. The van der Waals surface area contributed by atoms with Gasteiger partial charge in [0, 0.05) is 11.7 Å². The van der Waals surface area contributed by atoms with E-state index in [-0.39, 0.29) is 17.9 Å². The van der Waals surface area contributed by atoms with Crippen LogP contribution in [0.4, 0.5) is 5.69 Å². The van der Waals surface area contributed by atoms with Gasteiger partial charge < -0.3 is 16.0 Å². The van der Waals surface area contributed by atoms with Crippen LogP contribution in [0.25, 0.3) is 0 Å². The summed E-state index contributed by atoms with van der Waals surface area (Å²) in [5.41, 5.74) is 7.58. The fraction of sp³-hybridized carbons (Fsp3) is 0.263. The fourth-order valence-corrected chi connectivity index (χ4v) is 3.10. The van der Waals surface area contributed by atoms with Gasteiger partial charge in [-0.25, -0.2) is 0 Å². The second-order valence-electron chi connectivity index (χ2n) is 6.08. The van der Waals surface area contributed by atoms with E-state index in [1.165, 1.54) is 0 Å². The van der Waals surface area contributed by atoms with Crippen LogP contribution in [-0.4, -0.2) is 23.9 Å². The third-order valence-corrected chi connectivity index (χ3v) is 4.35. The van der Waals surface area contributed by atoms with Gasteiger partial charge in [-0.05, 0) is 31.0 Å². The molecule has 0 aromatic heterocycles. The number of carbonyl (C=O) groups is 2. The van der Waals surface area contributed by atoms with Crippen molar-refractivity contribution in [2.45, 2.75) is 31.5 Å². The first-order valence-corrected chi connectivity index (χ1v) is 8.07. The Bertz CT molecular complexity index is 718. The monoisotopic (exact) mass is 323 g/mol. The van der Waals surface area contributed by atoms with Crippen LogP contribution >= 0.6 is 0 Å². The Kier molecular flexibility index (Phi) is 4.62. The summed E-state index contributed by atoms with van der Waals surface area (Å²) >= 11 is 0. The van der Waals surface area contributed by atoms with Crippen LogP contribution in [0.1, 0.15) is 24.9 Å². The Hall–Kier alpha value is -2.66. The fourth-order valence-electron chi connectivity index (χ4n) is 3.10. The number of rotatable bonds is 4. The van der Waals surface area contributed by atoms with Gasteiger partial charge in [-0.2, -0.15) is 0 Å². The molecular weight excluding hydrogens is 302 g/mol. The highest BCUT2D eigenvalue weighted by Crippen LogP contribution is 2.26. The molecule has 124 valence electrons. The molecule has 0 bridgehead atoms. The van der Waals surface area contributed by atoms with E-state index in [1.807, 2.05) is 55.5 Å². The predicted molar refractivity (Wildman–Crippen MR) is 93.3 cm³/mol. The van der Waals surface area contributed by atoms with E-state index in [4.69, 9.17) is 5.73 Å². The Labute approximate surface area is 141 Å². The van der Waals surface area contributed by atoms with Gasteiger partial charge in [0.25, 0.3) is 0 Å². The normalized spacial score (nSPS) is 21.6. The van der Waals surface area contributed by atoms with Gasteiger partial charge >= 0.3 is 0 Å². The third-order valence-electron chi connectivity index (χ3n) is 4.35. The highest BCUT2D eigenvalue weighted by Gasteiger charge is 2.39. The quantitative estimate of drug-likeness (QED) is 0.903. The maximum absolute atomic E-state index is 12.7. The summed E-state index contributed by atoms with van der Waals surface area (Å²) in [6, 6.07) is 17.4. The molecule has 0 spiro atoms. The zero-order valence-corrected chi connectivity index (χ0v) is 13.6. The van der Waals surface area contributed by atoms with Crippen LogP contribution in [0.3, 0.4) is 0 Å². The second-order valence-corrected chi connectivity index (χ2v) is 6.08. The Morgan fingerprint density at radius 3 is 2.33 bits per heavy atom. The minimum Gasteiger partial charge on any atom is -0.343 e. The zero-order chi connectivity index (χ0) is 17.1. The molecule has 1 aliphatic rings. The third kappa shape index (κ3) is 3.16. The highest BCUT2D eigenvalue weighted by atomic mass is 16.2. The van der Waals surface area contributed by atoms with Crippen molar-refractivity contribution < 1.29 is 9.59 Å². The molecule has 1 aliphatic heterocycles. The lowest BCUT2D eigenvalue weighted by Crippen LogP contribution is -2.45. The van der Waals surface area contributed by atoms with Gasteiger partial charge in [-0.15, -0.1) is 0 Å². The molecule has 3 atom stereocenters. The molecule has 3 N–H and O–H groups in total. The predicted octanol–water partition coefficient (Wildman–Crippen LogP) is 2.00. The second kappa shape index (κ2) is 6.84. The topological polar surface area (TPSA) is 75.4 Å². The molecule has 2 aromatic carbocycles. The van der Waals surface area contributed by atoms with Gasteiger partial charge in [0.2, 0.25) is 11.8 Å². The number of anilines is 1. The van der Waals surface area contributed by atoms with E-state index in [0.717, 1.165) is 11.3 Å². The summed E-state index contributed by atoms with van der Waals surface area (Å²) in [6.45, 7) is 1.98. The largest absolute Gasteiger partial charge is 0.343 e. The molecule has 5 nitrogen and oxygen atoms in total. The maximum Gasteiger partial charge on any atom is 0.249 e. The Morgan fingerprint density at radius 1 is 1.12 bits per heavy atom. The van der Waals surface area contributed by atoms with Crippen molar-refractivity contribution in [3.05, 3.63) is 66.2 Å². The summed E-state index contributed by atoms with van der Waals surface area (Å²) in [6.07, 6.45) is 0.570. The highest BCUT2D eigenvalue weighted by molar-refractivity contribution is 6.02. The van der Waals surface area contributed by atoms with E-state index in [2.05, 4.69) is 5.32 Å². The lowest BCUT2D eigenvalue weighted by Gasteiger charge is -2.21. The van der Waals surface area contributed by atoms with Crippen LogP contribution in [0.15, 0.2) is 60.7 Å². The smallest absolute Gasteiger partial charge is 0.249 e. The summed E-state index contributed by atoms with van der Waals surface area (Å²) in [5, 5.41) is 2.80. The van der Waals surface area contributed by atoms with Crippen molar-refractivity contribution in [3.8, 4) is 0 Å². The average molecular weight is 323 g/mol. The van der Waals surface area contributed by atoms with Gasteiger partial charge in [0.15, 0.2) is 0 Å². The lowest BCUT2D eigenvalue weighted by molar-refractivity contribution is -0.127. The molecule has 0 radical (unpaired) electrons. The van der Waals surface area contributed by atoms with Crippen molar-refractivity contribution >= 4 is 17.5 Å². The van der Waals surface area contributed by atoms with Crippen molar-refractivity contribution in [2.24, 2.45) is 5.73 Å². The van der Waals surface area contributed by atoms with Gasteiger partial charge in [-0.1, -0.05) is 48.5 Å². The molecule has 1 saturated heterocycles. The number of amides is 2. The number of hydrogen-bond acceptors (Lipinski definition) is 3. The molecule has 1 heterocycles. The van der Waals surface area contributed by atoms with E-state index in [1.54, 1.807) is 17.0 Å². The number of benzene rings is 2. The molecule has 24 heavy (non-hydrogen) atoms. The number of para-hydroxylation sites is 1. The summed E-state index contributed by atoms with van der Waals surface area (Å²) in [5.74, 6) is -0.427. The van der Waals surface area contributed by atoms with Crippen molar-refractivity contribution in [1.29, 1.82) is 0 Å². The van der Waals surface area contributed by atoms with Crippen LogP contribution < -0.4 is 16.0 Å². The molecule has 2 aromatic rings. The molecule has 1 fully saturated rings. The Balaban J connectivity index is 1.70. The average Bonchev–Trinajstić information content (AvgIpc) is 2.89. The van der Waals surface area contributed by atoms with Crippen molar-refractivity contribution in [1.82, 2.24) is 5.32 Å². The SMILES string of the molecule is CC1CC(NC(=O)C(N)c2ccccc2)C(=O)N1c1ccccc1. The number of carbonyl (C=O) groups excluding carboxylic acids is 2. The molecular formula is C19H21N3O2.